The van der Waals surface area contributed by atoms with E-state index in [2.05, 4.69) is 15.7 Å². The number of hydrogen-bond donors (Lipinski definition) is 3. The number of hydrogen-bond acceptors (Lipinski definition) is 5. The van der Waals surface area contributed by atoms with Crippen molar-refractivity contribution in [2.45, 2.75) is 31.5 Å². The molecule has 8 heteroatoms. The molecule has 0 saturated carbocycles. The third-order valence-electron chi connectivity index (χ3n) is 3.33. The fraction of sp³-hybridized carbons (Fsp3) is 0.583. The maximum atomic E-state index is 12.8. The number of nitrogen functional groups attached to an aromatic ring is 1. The second-order valence-electron chi connectivity index (χ2n) is 5.07. The van der Waals surface area contributed by atoms with Crippen molar-refractivity contribution in [2.75, 3.05) is 24.0 Å². The minimum Gasteiger partial charge on any atom is -0.381 e. The van der Waals surface area contributed by atoms with E-state index in [4.69, 9.17) is 10.6 Å². The number of aromatic nitrogens is 1. The number of nitrogens with zero attached hydrogens (tertiary/aromatic N) is 1. The van der Waals surface area contributed by atoms with Gasteiger partial charge in [-0.25, -0.2) is 10.8 Å². The second kappa shape index (κ2) is 5.45. The first kappa shape index (κ1) is 14.9. The normalized spacial score (nSPS) is 18.6. The first-order valence-corrected chi connectivity index (χ1v) is 6.24. The molecule has 2 heterocycles. The lowest BCUT2D eigenvalue weighted by Crippen LogP contribution is -2.41. The van der Waals surface area contributed by atoms with Crippen LogP contribution in [0.3, 0.4) is 0 Å². The van der Waals surface area contributed by atoms with E-state index in [-0.39, 0.29) is 17.2 Å². The van der Waals surface area contributed by atoms with Crippen LogP contribution in [0.1, 0.15) is 25.3 Å². The van der Waals surface area contributed by atoms with Gasteiger partial charge in [-0.05, 0) is 31.9 Å². The maximum absolute atomic E-state index is 12.8. The summed E-state index contributed by atoms with van der Waals surface area (Å²) in [6, 6.07) is 1.86. The third-order valence-corrected chi connectivity index (χ3v) is 3.33. The van der Waals surface area contributed by atoms with Crippen LogP contribution in [0.25, 0.3) is 0 Å². The minimum atomic E-state index is -4.44. The Hall–Kier alpha value is -1.54. The molecule has 4 N–H and O–H groups in total. The second-order valence-corrected chi connectivity index (χ2v) is 5.07. The number of pyridine rings is 1. The van der Waals surface area contributed by atoms with Gasteiger partial charge in [-0.1, -0.05) is 0 Å². The molecule has 20 heavy (non-hydrogen) atoms. The van der Waals surface area contributed by atoms with Crippen molar-refractivity contribution in [3.05, 3.63) is 17.7 Å². The van der Waals surface area contributed by atoms with Gasteiger partial charge in [0.15, 0.2) is 0 Å². The van der Waals surface area contributed by atoms with Gasteiger partial charge < -0.3 is 15.5 Å². The van der Waals surface area contributed by atoms with Gasteiger partial charge in [-0.2, -0.15) is 13.2 Å². The molecule has 0 unspecified atom stereocenters. The number of nitrogens with one attached hydrogen (secondary N) is 2. The molecule has 0 spiro atoms. The van der Waals surface area contributed by atoms with Crippen molar-refractivity contribution in [3.63, 3.8) is 0 Å². The Labute approximate surface area is 114 Å². The highest BCUT2D eigenvalue weighted by molar-refractivity contribution is 5.50. The average molecular weight is 290 g/mol. The summed E-state index contributed by atoms with van der Waals surface area (Å²) < 4.78 is 43.7. The Bertz CT molecular complexity index is 472. The Morgan fingerprint density at radius 1 is 1.25 bits per heavy atom. The summed E-state index contributed by atoms with van der Waals surface area (Å²) in [5.41, 5.74) is 1.03. The van der Waals surface area contributed by atoms with Gasteiger partial charge >= 0.3 is 6.18 Å². The van der Waals surface area contributed by atoms with Crippen LogP contribution in [0.2, 0.25) is 0 Å². The van der Waals surface area contributed by atoms with Gasteiger partial charge in [-0.15, -0.1) is 0 Å². The summed E-state index contributed by atoms with van der Waals surface area (Å²) in [6.07, 6.45) is -3.03. The molecule has 1 aliphatic heterocycles. The standard InChI is InChI=1S/C12H17F3N4O/c1-11(2-4-20-5-3-11)18-9-6-8(12(13,14)15)7-10(17-9)19-16/h6-7H,2-5,16H2,1H3,(H2,17,18,19). The van der Waals surface area contributed by atoms with E-state index in [1.807, 2.05) is 6.92 Å². The molecule has 0 amide bonds. The first-order valence-electron chi connectivity index (χ1n) is 6.24. The van der Waals surface area contributed by atoms with Crippen LogP contribution in [0.5, 0.6) is 0 Å². The molecule has 0 aromatic carbocycles. The molecule has 0 atom stereocenters. The summed E-state index contributed by atoms with van der Waals surface area (Å²) in [7, 11) is 0. The van der Waals surface area contributed by atoms with Gasteiger partial charge in [0.25, 0.3) is 0 Å². The lowest BCUT2D eigenvalue weighted by Gasteiger charge is -2.35. The van der Waals surface area contributed by atoms with Gasteiger partial charge in [0, 0.05) is 18.8 Å². The van der Waals surface area contributed by atoms with Crippen LogP contribution in [0, 0.1) is 0 Å². The van der Waals surface area contributed by atoms with Crippen molar-refractivity contribution in [3.8, 4) is 0 Å². The number of nitrogens with two attached hydrogens (primary N) is 1. The van der Waals surface area contributed by atoms with Crippen molar-refractivity contribution in [2.24, 2.45) is 5.84 Å². The van der Waals surface area contributed by atoms with Gasteiger partial charge in [0.2, 0.25) is 0 Å². The van der Waals surface area contributed by atoms with E-state index in [1.165, 1.54) is 0 Å². The van der Waals surface area contributed by atoms with E-state index < -0.39 is 11.7 Å². The van der Waals surface area contributed by atoms with Crippen molar-refractivity contribution in [1.82, 2.24) is 4.98 Å². The number of halogens is 3. The van der Waals surface area contributed by atoms with E-state index >= 15 is 0 Å². The zero-order valence-corrected chi connectivity index (χ0v) is 11.0. The summed E-state index contributed by atoms with van der Waals surface area (Å²) >= 11 is 0. The van der Waals surface area contributed by atoms with Gasteiger partial charge in [0.1, 0.15) is 11.6 Å². The molecule has 5 nitrogen and oxygen atoms in total. The predicted octanol–water partition coefficient (Wildman–Crippen LogP) is 2.37. The molecule has 1 aromatic rings. The van der Waals surface area contributed by atoms with Crippen molar-refractivity contribution in [1.29, 1.82) is 0 Å². The lowest BCUT2D eigenvalue weighted by molar-refractivity contribution is -0.137. The van der Waals surface area contributed by atoms with E-state index in [9.17, 15) is 13.2 Å². The molecule has 1 aromatic heterocycles. The van der Waals surface area contributed by atoms with Crippen LogP contribution in [0.15, 0.2) is 12.1 Å². The minimum absolute atomic E-state index is 0.0296. The molecule has 1 fully saturated rings. The molecule has 0 bridgehead atoms. The fourth-order valence-electron chi connectivity index (χ4n) is 2.09. The van der Waals surface area contributed by atoms with Gasteiger partial charge in [-0.3, -0.25) is 0 Å². The predicted molar refractivity (Wildman–Crippen MR) is 69.1 cm³/mol. The molecule has 1 saturated heterocycles. The zero-order valence-electron chi connectivity index (χ0n) is 11.0. The Kier molecular flexibility index (Phi) is 4.05. The third kappa shape index (κ3) is 3.51. The Morgan fingerprint density at radius 3 is 2.40 bits per heavy atom. The maximum Gasteiger partial charge on any atom is 0.416 e. The Balaban J connectivity index is 2.26. The average Bonchev–Trinajstić information content (AvgIpc) is 2.37. The number of anilines is 2. The number of alkyl halides is 3. The van der Waals surface area contributed by atoms with Crippen molar-refractivity contribution < 1.29 is 17.9 Å². The largest absolute Gasteiger partial charge is 0.416 e. The molecule has 0 aliphatic carbocycles. The molecule has 0 radical (unpaired) electrons. The smallest absolute Gasteiger partial charge is 0.381 e. The number of rotatable bonds is 3. The van der Waals surface area contributed by atoms with E-state index in [1.54, 1.807) is 0 Å². The number of hydrazine groups is 1. The highest BCUT2D eigenvalue weighted by atomic mass is 19.4. The summed E-state index contributed by atoms with van der Waals surface area (Å²) in [4.78, 5) is 4.02. The Morgan fingerprint density at radius 2 is 1.85 bits per heavy atom. The molecular formula is C12H17F3N4O. The fourth-order valence-corrected chi connectivity index (χ4v) is 2.09. The zero-order chi connectivity index (χ0) is 14.8. The monoisotopic (exact) mass is 290 g/mol. The van der Waals surface area contributed by atoms with Gasteiger partial charge in [0.05, 0.1) is 5.56 Å². The van der Waals surface area contributed by atoms with E-state index in [0.717, 1.165) is 12.1 Å². The molecular weight excluding hydrogens is 273 g/mol. The highest BCUT2D eigenvalue weighted by Gasteiger charge is 2.33. The molecule has 112 valence electrons. The van der Waals surface area contributed by atoms with Crippen LogP contribution in [0.4, 0.5) is 24.8 Å². The topological polar surface area (TPSA) is 72.2 Å². The van der Waals surface area contributed by atoms with Crippen LogP contribution < -0.4 is 16.6 Å². The molecule has 1 aliphatic rings. The molecule has 2 rings (SSSR count). The summed E-state index contributed by atoms with van der Waals surface area (Å²) in [5.74, 6) is 5.29. The first-order chi connectivity index (χ1) is 9.32. The number of ether oxygens (including phenoxy) is 1. The van der Waals surface area contributed by atoms with Crippen molar-refractivity contribution >= 4 is 11.6 Å². The van der Waals surface area contributed by atoms with Crippen LogP contribution >= 0.6 is 0 Å². The van der Waals surface area contributed by atoms with Crippen LogP contribution in [-0.2, 0) is 10.9 Å². The lowest BCUT2D eigenvalue weighted by atomic mass is 9.92. The quantitative estimate of drug-likeness (QED) is 0.589. The highest BCUT2D eigenvalue weighted by Crippen LogP contribution is 2.33. The van der Waals surface area contributed by atoms with E-state index in [0.29, 0.717) is 26.1 Å². The summed E-state index contributed by atoms with van der Waals surface area (Å²) in [6.45, 7) is 3.09. The summed E-state index contributed by atoms with van der Waals surface area (Å²) in [5, 5.41) is 3.06. The van der Waals surface area contributed by atoms with Crippen LogP contribution in [-0.4, -0.2) is 23.7 Å². The SMILES string of the molecule is CC1(Nc2cc(C(F)(F)F)cc(NN)n2)CCOCC1.